The van der Waals surface area contributed by atoms with Crippen molar-refractivity contribution in [3.05, 3.63) is 28.7 Å². The number of nitrogens with one attached hydrogen (secondary N) is 1. The number of halogens is 1. The Morgan fingerprint density at radius 2 is 2.14 bits per heavy atom. The Morgan fingerprint density at radius 3 is 2.71 bits per heavy atom. The van der Waals surface area contributed by atoms with Crippen LogP contribution >= 0.6 is 15.9 Å². The zero-order chi connectivity index (χ0) is 10.4. The molecule has 1 unspecified atom stereocenters. The number of hydrogen-bond donors (Lipinski definition) is 1. The summed E-state index contributed by atoms with van der Waals surface area (Å²) in [5, 5.41) is 3.12. The van der Waals surface area contributed by atoms with E-state index in [1.165, 1.54) is 0 Å². The van der Waals surface area contributed by atoms with Crippen molar-refractivity contribution in [3.63, 3.8) is 0 Å². The van der Waals surface area contributed by atoms with Gasteiger partial charge in [0.15, 0.2) is 0 Å². The van der Waals surface area contributed by atoms with E-state index in [9.17, 15) is 0 Å². The highest BCUT2D eigenvalue weighted by molar-refractivity contribution is 9.10. The quantitative estimate of drug-likeness (QED) is 0.876. The minimum absolute atomic E-state index is 0.235. The van der Waals surface area contributed by atoms with E-state index >= 15 is 0 Å². The lowest BCUT2D eigenvalue weighted by Gasteiger charge is -2.17. The molecule has 1 aromatic carbocycles. The summed E-state index contributed by atoms with van der Waals surface area (Å²) in [6, 6.07) is 7.92. The van der Waals surface area contributed by atoms with Crippen LogP contribution < -0.4 is 10.1 Å². The van der Waals surface area contributed by atoms with E-state index in [0.717, 1.165) is 23.2 Å². The molecule has 14 heavy (non-hydrogen) atoms. The first kappa shape index (κ1) is 11.5. The lowest BCUT2D eigenvalue weighted by atomic mass is 10.2. The summed E-state index contributed by atoms with van der Waals surface area (Å²) in [7, 11) is 1.94. The molecule has 0 bridgehead atoms. The van der Waals surface area contributed by atoms with E-state index in [0.29, 0.717) is 0 Å². The molecule has 0 amide bonds. The van der Waals surface area contributed by atoms with Crippen LogP contribution in [0.5, 0.6) is 5.75 Å². The Balaban J connectivity index is 2.62. The molecule has 1 N–H and O–H groups in total. The summed E-state index contributed by atoms with van der Waals surface area (Å²) in [5.74, 6) is 0.912. The number of para-hydroxylation sites is 1. The predicted octanol–water partition coefficient (Wildman–Crippen LogP) is 2.83. The van der Waals surface area contributed by atoms with Gasteiger partial charge < -0.3 is 10.1 Å². The molecule has 3 heteroatoms. The van der Waals surface area contributed by atoms with Gasteiger partial charge in [-0.1, -0.05) is 19.1 Å². The van der Waals surface area contributed by atoms with Crippen LogP contribution in [0, 0.1) is 0 Å². The molecule has 1 rings (SSSR count). The first-order valence-corrected chi connectivity index (χ1v) is 5.63. The van der Waals surface area contributed by atoms with Crippen molar-refractivity contribution in [2.24, 2.45) is 0 Å². The molecule has 0 saturated heterocycles. The lowest BCUT2D eigenvalue weighted by molar-refractivity contribution is 0.195. The topological polar surface area (TPSA) is 21.3 Å². The molecule has 0 aromatic heterocycles. The van der Waals surface area contributed by atoms with E-state index in [2.05, 4.69) is 28.2 Å². The second-order valence-corrected chi connectivity index (χ2v) is 3.99. The molecular formula is C11H16BrNO. The highest BCUT2D eigenvalue weighted by Crippen LogP contribution is 2.25. The Morgan fingerprint density at radius 1 is 1.43 bits per heavy atom. The third kappa shape index (κ3) is 3.31. The van der Waals surface area contributed by atoms with Crippen LogP contribution in [-0.2, 0) is 0 Å². The molecule has 0 aliphatic carbocycles. The minimum atomic E-state index is 0.235. The van der Waals surface area contributed by atoms with E-state index in [1.54, 1.807) is 0 Å². The maximum absolute atomic E-state index is 5.83. The van der Waals surface area contributed by atoms with Gasteiger partial charge in [-0.2, -0.15) is 0 Å². The van der Waals surface area contributed by atoms with Crippen LogP contribution in [0.15, 0.2) is 28.7 Å². The number of benzene rings is 1. The van der Waals surface area contributed by atoms with Gasteiger partial charge in [0.2, 0.25) is 0 Å². The zero-order valence-electron chi connectivity index (χ0n) is 8.59. The maximum Gasteiger partial charge on any atom is 0.133 e. The summed E-state index contributed by atoms with van der Waals surface area (Å²) in [6.07, 6.45) is 1.24. The first-order chi connectivity index (χ1) is 6.77. The second kappa shape index (κ2) is 6.04. The first-order valence-electron chi connectivity index (χ1n) is 4.83. The fourth-order valence-electron chi connectivity index (χ4n) is 1.22. The third-order valence-corrected chi connectivity index (χ3v) is 2.67. The van der Waals surface area contributed by atoms with Crippen molar-refractivity contribution >= 4 is 15.9 Å². The molecule has 0 fully saturated rings. The van der Waals surface area contributed by atoms with Crippen molar-refractivity contribution in [2.45, 2.75) is 19.4 Å². The largest absolute Gasteiger partial charge is 0.488 e. The molecule has 0 radical (unpaired) electrons. The molecule has 0 aliphatic heterocycles. The highest BCUT2D eigenvalue weighted by atomic mass is 79.9. The van der Waals surface area contributed by atoms with Crippen LogP contribution in [0.2, 0.25) is 0 Å². The highest BCUT2D eigenvalue weighted by Gasteiger charge is 2.08. The fourth-order valence-corrected chi connectivity index (χ4v) is 1.60. The van der Waals surface area contributed by atoms with Crippen LogP contribution in [0.4, 0.5) is 0 Å². The van der Waals surface area contributed by atoms with Gasteiger partial charge in [-0.25, -0.2) is 0 Å². The summed E-state index contributed by atoms with van der Waals surface area (Å²) in [6.45, 7) is 3.00. The van der Waals surface area contributed by atoms with Gasteiger partial charge in [-0.05, 0) is 41.5 Å². The Bertz CT molecular complexity index is 278. The van der Waals surface area contributed by atoms with Gasteiger partial charge in [-0.3, -0.25) is 0 Å². The van der Waals surface area contributed by atoms with E-state index in [-0.39, 0.29) is 6.10 Å². The fraction of sp³-hybridized carbons (Fsp3) is 0.455. The van der Waals surface area contributed by atoms with Crippen molar-refractivity contribution in [1.29, 1.82) is 0 Å². The monoisotopic (exact) mass is 257 g/mol. The summed E-state index contributed by atoms with van der Waals surface area (Å²) >= 11 is 3.46. The van der Waals surface area contributed by atoms with Crippen LogP contribution in [0.1, 0.15) is 13.3 Å². The molecule has 0 heterocycles. The van der Waals surface area contributed by atoms with Gasteiger partial charge in [0.25, 0.3) is 0 Å². The number of hydrogen-bond acceptors (Lipinski definition) is 2. The number of ether oxygens (including phenoxy) is 1. The van der Waals surface area contributed by atoms with E-state index < -0.39 is 0 Å². The average molecular weight is 258 g/mol. The summed E-state index contributed by atoms with van der Waals surface area (Å²) in [4.78, 5) is 0. The van der Waals surface area contributed by atoms with Crippen molar-refractivity contribution < 1.29 is 4.74 Å². The van der Waals surface area contributed by atoms with E-state index in [4.69, 9.17) is 4.74 Å². The maximum atomic E-state index is 5.83. The van der Waals surface area contributed by atoms with Gasteiger partial charge in [0.05, 0.1) is 4.47 Å². The van der Waals surface area contributed by atoms with Crippen LogP contribution in [0.3, 0.4) is 0 Å². The molecule has 0 saturated carbocycles. The summed E-state index contributed by atoms with van der Waals surface area (Å²) < 4.78 is 6.83. The number of likely N-dealkylation sites (N-methyl/N-ethyl adjacent to an activating group) is 1. The van der Waals surface area contributed by atoms with Gasteiger partial charge >= 0.3 is 0 Å². The Kier molecular flexibility index (Phi) is 4.98. The SMILES string of the molecule is CCC(CNC)Oc1ccccc1Br. The molecule has 78 valence electrons. The average Bonchev–Trinajstić information content (AvgIpc) is 2.20. The predicted molar refractivity (Wildman–Crippen MR) is 62.8 cm³/mol. The summed E-state index contributed by atoms with van der Waals surface area (Å²) in [5.41, 5.74) is 0. The van der Waals surface area contributed by atoms with Gasteiger partial charge in [0.1, 0.15) is 11.9 Å². The third-order valence-electron chi connectivity index (χ3n) is 2.02. The lowest BCUT2D eigenvalue weighted by Crippen LogP contribution is -2.28. The number of rotatable bonds is 5. The Hall–Kier alpha value is -0.540. The van der Waals surface area contributed by atoms with Crippen molar-refractivity contribution in [1.82, 2.24) is 5.32 Å². The minimum Gasteiger partial charge on any atom is -0.488 e. The molecule has 1 aromatic rings. The van der Waals surface area contributed by atoms with E-state index in [1.807, 2.05) is 31.3 Å². The van der Waals surface area contributed by atoms with Crippen LogP contribution in [0.25, 0.3) is 0 Å². The van der Waals surface area contributed by atoms with Gasteiger partial charge in [-0.15, -0.1) is 0 Å². The molecule has 2 nitrogen and oxygen atoms in total. The molecule has 0 spiro atoms. The smallest absolute Gasteiger partial charge is 0.133 e. The van der Waals surface area contributed by atoms with Crippen molar-refractivity contribution in [2.75, 3.05) is 13.6 Å². The van der Waals surface area contributed by atoms with Gasteiger partial charge in [0, 0.05) is 6.54 Å². The van der Waals surface area contributed by atoms with Crippen molar-refractivity contribution in [3.8, 4) is 5.75 Å². The standard InChI is InChI=1S/C11H16BrNO/c1-3-9(8-13-2)14-11-7-5-4-6-10(11)12/h4-7,9,13H,3,8H2,1-2H3. The normalized spacial score (nSPS) is 12.5. The Labute approximate surface area is 93.8 Å². The van der Waals surface area contributed by atoms with Crippen LogP contribution in [-0.4, -0.2) is 19.7 Å². The zero-order valence-corrected chi connectivity index (χ0v) is 10.2. The molecular weight excluding hydrogens is 242 g/mol. The molecule has 1 atom stereocenters. The second-order valence-electron chi connectivity index (χ2n) is 3.14. The molecule has 0 aliphatic rings.